The molecule has 98 valence electrons. The molecule has 0 aliphatic carbocycles. The highest BCUT2D eigenvalue weighted by Crippen LogP contribution is 2.25. The molecule has 6 heteroatoms. The third kappa shape index (κ3) is 2.64. The standard InChI is InChI=1S/C13H9BrF2N2O/c14-8-4-1-2-7-11(8)18(17)13(19)12-9(15)5-3-6-10(12)16/h1-7H,17H2. The monoisotopic (exact) mass is 326 g/mol. The molecule has 0 saturated heterocycles. The predicted molar refractivity (Wildman–Crippen MR) is 71.5 cm³/mol. The summed E-state index contributed by atoms with van der Waals surface area (Å²) in [4.78, 5) is 12.0. The number of hydrogen-bond acceptors (Lipinski definition) is 2. The zero-order chi connectivity index (χ0) is 14.0. The van der Waals surface area contributed by atoms with E-state index in [0.717, 1.165) is 12.1 Å². The summed E-state index contributed by atoms with van der Waals surface area (Å²) in [5, 5.41) is 0.700. The van der Waals surface area contributed by atoms with Crippen LogP contribution in [0.2, 0.25) is 0 Å². The van der Waals surface area contributed by atoms with Crippen LogP contribution in [0, 0.1) is 11.6 Å². The number of nitrogens with zero attached hydrogens (tertiary/aromatic N) is 1. The van der Waals surface area contributed by atoms with Crippen molar-refractivity contribution in [1.29, 1.82) is 0 Å². The zero-order valence-electron chi connectivity index (χ0n) is 9.61. The largest absolute Gasteiger partial charge is 0.278 e. The Bertz CT molecular complexity index is 614. The van der Waals surface area contributed by atoms with Crippen molar-refractivity contribution in [3.8, 4) is 0 Å². The normalized spacial score (nSPS) is 10.3. The van der Waals surface area contributed by atoms with Gasteiger partial charge in [0.2, 0.25) is 0 Å². The molecule has 0 aliphatic rings. The van der Waals surface area contributed by atoms with Crippen LogP contribution in [0.25, 0.3) is 0 Å². The van der Waals surface area contributed by atoms with Crippen LogP contribution < -0.4 is 10.9 Å². The first-order valence-electron chi connectivity index (χ1n) is 5.30. The first-order valence-corrected chi connectivity index (χ1v) is 6.09. The molecule has 2 aromatic rings. The van der Waals surface area contributed by atoms with Crippen molar-refractivity contribution in [2.75, 3.05) is 5.01 Å². The third-order valence-corrected chi connectivity index (χ3v) is 3.18. The van der Waals surface area contributed by atoms with Crippen LogP contribution in [0.1, 0.15) is 10.4 Å². The highest BCUT2D eigenvalue weighted by atomic mass is 79.9. The van der Waals surface area contributed by atoms with Gasteiger partial charge in [0.15, 0.2) is 0 Å². The molecule has 0 heterocycles. The van der Waals surface area contributed by atoms with Crippen LogP contribution >= 0.6 is 15.9 Å². The molecule has 1 amide bonds. The van der Waals surface area contributed by atoms with Crippen molar-refractivity contribution in [1.82, 2.24) is 0 Å². The van der Waals surface area contributed by atoms with Gasteiger partial charge < -0.3 is 0 Å². The fraction of sp³-hybridized carbons (Fsp3) is 0. The van der Waals surface area contributed by atoms with E-state index >= 15 is 0 Å². The first-order chi connectivity index (χ1) is 9.02. The summed E-state index contributed by atoms with van der Waals surface area (Å²) >= 11 is 3.21. The average molecular weight is 327 g/mol. The number of para-hydroxylation sites is 1. The average Bonchev–Trinajstić information content (AvgIpc) is 2.38. The number of carbonyl (C=O) groups is 1. The maximum atomic E-state index is 13.5. The smallest absolute Gasteiger partial charge is 0.267 e. The van der Waals surface area contributed by atoms with E-state index in [-0.39, 0.29) is 0 Å². The van der Waals surface area contributed by atoms with Gasteiger partial charge in [-0.25, -0.2) is 19.6 Å². The Hall–Kier alpha value is -1.79. The highest BCUT2D eigenvalue weighted by molar-refractivity contribution is 9.10. The highest BCUT2D eigenvalue weighted by Gasteiger charge is 2.23. The summed E-state index contributed by atoms with van der Waals surface area (Å²) in [6.07, 6.45) is 0. The lowest BCUT2D eigenvalue weighted by Crippen LogP contribution is -2.38. The Morgan fingerprint density at radius 2 is 1.63 bits per heavy atom. The molecular weight excluding hydrogens is 318 g/mol. The Balaban J connectivity index is 2.43. The molecule has 0 aromatic heterocycles. The van der Waals surface area contributed by atoms with Crippen molar-refractivity contribution < 1.29 is 13.6 Å². The van der Waals surface area contributed by atoms with E-state index in [0.29, 0.717) is 15.2 Å². The molecule has 2 aromatic carbocycles. The van der Waals surface area contributed by atoms with E-state index in [9.17, 15) is 13.6 Å². The molecule has 0 radical (unpaired) electrons. The fourth-order valence-corrected chi connectivity index (χ4v) is 2.05. The van der Waals surface area contributed by atoms with Gasteiger partial charge in [0.05, 0.1) is 5.69 Å². The van der Waals surface area contributed by atoms with E-state index in [1.165, 1.54) is 6.07 Å². The van der Waals surface area contributed by atoms with Gasteiger partial charge in [0, 0.05) is 4.47 Å². The van der Waals surface area contributed by atoms with Crippen LogP contribution in [0.3, 0.4) is 0 Å². The second-order valence-corrected chi connectivity index (χ2v) is 4.58. The van der Waals surface area contributed by atoms with Gasteiger partial charge in [0.25, 0.3) is 5.91 Å². The van der Waals surface area contributed by atoms with Crippen molar-refractivity contribution in [2.24, 2.45) is 5.84 Å². The van der Waals surface area contributed by atoms with Crippen molar-refractivity contribution in [3.63, 3.8) is 0 Å². The molecule has 0 saturated carbocycles. The predicted octanol–water partition coefficient (Wildman–Crippen LogP) is 3.25. The summed E-state index contributed by atoms with van der Waals surface area (Å²) < 4.78 is 27.6. The second kappa shape index (κ2) is 5.46. The van der Waals surface area contributed by atoms with Crippen LogP contribution in [-0.2, 0) is 0 Å². The molecule has 2 N–H and O–H groups in total. The van der Waals surface area contributed by atoms with Gasteiger partial charge in [-0.3, -0.25) is 4.79 Å². The summed E-state index contributed by atoms with van der Waals surface area (Å²) in [6.45, 7) is 0. The lowest BCUT2D eigenvalue weighted by atomic mass is 10.1. The summed E-state index contributed by atoms with van der Waals surface area (Å²) in [5.74, 6) is 2.77. The van der Waals surface area contributed by atoms with E-state index in [2.05, 4.69) is 15.9 Å². The Morgan fingerprint density at radius 3 is 2.21 bits per heavy atom. The lowest BCUT2D eigenvalue weighted by molar-refractivity contribution is 0.0978. The molecule has 0 aliphatic heterocycles. The van der Waals surface area contributed by atoms with Crippen LogP contribution in [0.4, 0.5) is 14.5 Å². The third-order valence-electron chi connectivity index (χ3n) is 2.51. The number of hydrogen-bond donors (Lipinski definition) is 1. The molecule has 0 fully saturated rings. The number of rotatable bonds is 2. The van der Waals surface area contributed by atoms with E-state index in [1.54, 1.807) is 24.3 Å². The number of benzene rings is 2. The maximum Gasteiger partial charge on any atom is 0.278 e. The van der Waals surface area contributed by atoms with Gasteiger partial charge in [0.1, 0.15) is 17.2 Å². The van der Waals surface area contributed by atoms with Gasteiger partial charge in [-0.1, -0.05) is 18.2 Å². The van der Waals surface area contributed by atoms with E-state index in [1.807, 2.05) is 0 Å². The molecule has 0 unspecified atom stereocenters. The Morgan fingerprint density at radius 1 is 1.05 bits per heavy atom. The number of halogens is 3. The second-order valence-electron chi connectivity index (χ2n) is 3.72. The quantitative estimate of drug-likeness (QED) is 0.523. The SMILES string of the molecule is NN(C(=O)c1c(F)cccc1F)c1ccccc1Br. The summed E-state index contributed by atoms with van der Waals surface area (Å²) in [7, 11) is 0. The minimum Gasteiger partial charge on any atom is -0.267 e. The number of nitrogens with two attached hydrogens (primary N) is 1. The molecule has 3 nitrogen and oxygen atoms in total. The minimum atomic E-state index is -0.956. The topological polar surface area (TPSA) is 46.3 Å². The van der Waals surface area contributed by atoms with Gasteiger partial charge in [-0.2, -0.15) is 0 Å². The van der Waals surface area contributed by atoms with Gasteiger partial charge in [-0.05, 0) is 40.2 Å². The molecule has 0 spiro atoms. The number of amides is 1. The maximum absolute atomic E-state index is 13.5. The zero-order valence-corrected chi connectivity index (χ0v) is 11.2. The van der Waals surface area contributed by atoms with E-state index < -0.39 is 23.1 Å². The van der Waals surface area contributed by atoms with E-state index in [4.69, 9.17) is 5.84 Å². The summed E-state index contributed by atoms with van der Waals surface area (Å²) in [5.41, 5.74) is -0.365. The Labute approximate surface area is 116 Å². The molecular formula is C13H9BrF2N2O. The van der Waals surface area contributed by atoms with Crippen molar-refractivity contribution in [2.45, 2.75) is 0 Å². The molecule has 2 rings (SSSR count). The first kappa shape index (κ1) is 13.6. The number of carbonyl (C=O) groups excluding carboxylic acids is 1. The molecule has 19 heavy (non-hydrogen) atoms. The Kier molecular flexibility index (Phi) is 3.92. The van der Waals surface area contributed by atoms with Gasteiger partial charge in [-0.15, -0.1) is 0 Å². The minimum absolute atomic E-state index is 0.315. The fourth-order valence-electron chi connectivity index (χ4n) is 1.58. The number of anilines is 1. The van der Waals surface area contributed by atoms with Crippen LogP contribution in [0.15, 0.2) is 46.9 Å². The lowest BCUT2D eigenvalue weighted by Gasteiger charge is -2.18. The number of hydrazine groups is 1. The van der Waals surface area contributed by atoms with Gasteiger partial charge >= 0.3 is 0 Å². The van der Waals surface area contributed by atoms with Crippen molar-refractivity contribution in [3.05, 3.63) is 64.1 Å². The van der Waals surface area contributed by atoms with Crippen molar-refractivity contribution >= 4 is 27.5 Å². The molecule has 0 atom stereocenters. The van der Waals surface area contributed by atoms with Crippen LogP contribution in [0.5, 0.6) is 0 Å². The summed E-state index contributed by atoms with van der Waals surface area (Å²) in [6, 6.07) is 9.80. The van der Waals surface area contributed by atoms with Crippen LogP contribution in [-0.4, -0.2) is 5.91 Å². The molecule has 0 bridgehead atoms.